The Kier molecular flexibility index (Phi) is 6.73. The van der Waals surface area contributed by atoms with Gasteiger partial charge in [-0.25, -0.2) is 4.98 Å². The van der Waals surface area contributed by atoms with E-state index in [1.807, 2.05) is 48.0 Å². The first-order chi connectivity index (χ1) is 14.0. The summed E-state index contributed by atoms with van der Waals surface area (Å²) in [6.07, 6.45) is 3.95. The van der Waals surface area contributed by atoms with Crippen LogP contribution in [0.1, 0.15) is 24.5 Å². The molecule has 1 heterocycles. The lowest BCUT2D eigenvalue weighted by Gasteiger charge is -2.25. The normalized spacial score (nSPS) is 11.7. The fraction of sp³-hybridized carbons (Fsp3) is 0.261. The molecule has 0 spiro atoms. The number of carbonyl (C=O) groups is 1. The summed E-state index contributed by atoms with van der Waals surface area (Å²) in [5.41, 5.74) is 4.28. The molecule has 0 radical (unpaired) electrons. The first-order valence-electron chi connectivity index (χ1n) is 9.52. The summed E-state index contributed by atoms with van der Waals surface area (Å²) in [7, 11) is 0. The third-order valence-corrected chi connectivity index (χ3v) is 5.85. The molecule has 1 unspecified atom stereocenters. The minimum Gasteiger partial charge on any atom is -0.310 e. The molecule has 148 valence electrons. The molecule has 29 heavy (non-hydrogen) atoms. The van der Waals surface area contributed by atoms with Crippen LogP contribution in [0.5, 0.6) is 0 Å². The van der Waals surface area contributed by atoms with Crippen LogP contribution in [0, 0.1) is 25.2 Å². The van der Waals surface area contributed by atoms with Gasteiger partial charge in [-0.2, -0.15) is 5.26 Å². The lowest BCUT2D eigenvalue weighted by Crippen LogP contribution is -2.37. The zero-order valence-electron chi connectivity index (χ0n) is 16.9. The van der Waals surface area contributed by atoms with Crippen LogP contribution in [0.2, 0.25) is 0 Å². The van der Waals surface area contributed by atoms with E-state index in [1.54, 1.807) is 11.1 Å². The monoisotopic (exact) mass is 404 g/mol. The molecule has 0 saturated heterocycles. The van der Waals surface area contributed by atoms with Crippen LogP contribution in [0.25, 0.3) is 5.69 Å². The summed E-state index contributed by atoms with van der Waals surface area (Å²) in [5.74, 6) is -0.0360. The largest absolute Gasteiger partial charge is 0.310 e. The number of imidazole rings is 1. The Balaban J connectivity index is 1.81. The average Bonchev–Trinajstić information content (AvgIpc) is 3.19. The number of benzene rings is 2. The van der Waals surface area contributed by atoms with Gasteiger partial charge in [0, 0.05) is 30.3 Å². The smallest absolute Gasteiger partial charge is 0.240 e. The van der Waals surface area contributed by atoms with E-state index in [0.29, 0.717) is 6.54 Å². The predicted octanol–water partition coefficient (Wildman–Crippen LogP) is 4.92. The van der Waals surface area contributed by atoms with Crippen molar-refractivity contribution in [3.8, 4) is 11.8 Å². The highest BCUT2D eigenvalue weighted by Crippen LogP contribution is 2.28. The number of nitriles is 1. The third kappa shape index (κ3) is 4.87. The van der Waals surface area contributed by atoms with Crippen LogP contribution in [-0.4, -0.2) is 27.3 Å². The van der Waals surface area contributed by atoms with Gasteiger partial charge in [-0.3, -0.25) is 9.36 Å². The molecule has 0 saturated carbocycles. The fourth-order valence-electron chi connectivity index (χ4n) is 3.01. The summed E-state index contributed by atoms with van der Waals surface area (Å²) in [6.45, 7) is 6.43. The highest BCUT2D eigenvalue weighted by Gasteiger charge is 2.24. The maximum absolute atomic E-state index is 13.2. The van der Waals surface area contributed by atoms with Crippen molar-refractivity contribution >= 4 is 23.4 Å². The molecule has 2 aromatic carbocycles. The van der Waals surface area contributed by atoms with E-state index >= 15 is 0 Å². The Morgan fingerprint density at radius 2 is 1.97 bits per heavy atom. The molecule has 0 aliphatic heterocycles. The standard InChI is InChI=1S/C23H24N4OS/c1-17-10-11-21(16-18(17)2)27-15-13-25-23(27)29-19(3)22(28)26(14-7-12-24)20-8-5-4-6-9-20/h4-6,8-11,13,15-16,19H,7,14H2,1-3H3. The molecule has 0 bridgehead atoms. The summed E-state index contributed by atoms with van der Waals surface area (Å²) < 4.78 is 2.00. The SMILES string of the molecule is Cc1ccc(-n2ccnc2SC(C)C(=O)N(CCC#N)c2ccccc2)cc1C. The highest BCUT2D eigenvalue weighted by atomic mass is 32.2. The minimum atomic E-state index is -0.346. The summed E-state index contributed by atoms with van der Waals surface area (Å²) in [4.78, 5) is 19.3. The molecule has 3 rings (SSSR count). The Hall–Kier alpha value is -3.04. The van der Waals surface area contributed by atoms with Crippen LogP contribution in [0.3, 0.4) is 0 Å². The molecule has 1 atom stereocenters. The number of nitrogens with zero attached hydrogens (tertiary/aromatic N) is 4. The summed E-state index contributed by atoms with van der Waals surface area (Å²) >= 11 is 1.42. The number of carbonyl (C=O) groups excluding carboxylic acids is 1. The van der Waals surface area contributed by atoms with Crippen molar-refractivity contribution in [2.75, 3.05) is 11.4 Å². The van der Waals surface area contributed by atoms with Crippen LogP contribution in [0.4, 0.5) is 5.69 Å². The number of amides is 1. The molecule has 1 amide bonds. The lowest BCUT2D eigenvalue weighted by molar-refractivity contribution is -0.117. The molecular weight excluding hydrogens is 380 g/mol. The summed E-state index contributed by atoms with van der Waals surface area (Å²) in [6, 6.07) is 17.9. The molecular formula is C23H24N4OS. The van der Waals surface area contributed by atoms with Crippen molar-refractivity contribution in [3.63, 3.8) is 0 Å². The van der Waals surface area contributed by atoms with Crippen LogP contribution in [-0.2, 0) is 4.79 Å². The number of anilines is 1. The second kappa shape index (κ2) is 9.44. The molecule has 0 fully saturated rings. The first kappa shape index (κ1) is 20.7. The molecule has 6 heteroatoms. The Morgan fingerprint density at radius 1 is 1.21 bits per heavy atom. The van der Waals surface area contributed by atoms with E-state index < -0.39 is 0 Å². The number of thioether (sulfide) groups is 1. The van der Waals surface area contributed by atoms with Crippen molar-refractivity contribution < 1.29 is 4.79 Å². The minimum absolute atomic E-state index is 0.0360. The summed E-state index contributed by atoms with van der Waals surface area (Å²) in [5, 5.41) is 9.41. The zero-order chi connectivity index (χ0) is 20.8. The van der Waals surface area contributed by atoms with Gasteiger partial charge in [0.1, 0.15) is 0 Å². The lowest BCUT2D eigenvalue weighted by atomic mass is 10.1. The van der Waals surface area contributed by atoms with Gasteiger partial charge in [0.25, 0.3) is 0 Å². The Labute approximate surface area is 176 Å². The van der Waals surface area contributed by atoms with E-state index in [-0.39, 0.29) is 17.6 Å². The van der Waals surface area contributed by atoms with Crippen LogP contribution < -0.4 is 4.90 Å². The first-order valence-corrected chi connectivity index (χ1v) is 10.4. The predicted molar refractivity (Wildman–Crippen MR) is 117 cm³/mol. The van der Waals surface area contributed by atoms with Crippen molar-refractivity contribution in [2.24, 2.45) is 0 Å². The molecule has 0 aliphatic carbocycles. The fourth-order valence-corrected chi connectivity index (χ4v) is 3.96. The number of rotatable bonds is 7. The van der Waals surface area contributed by atoms with Crippen molar-refractivity contribution in [1.82, 2.24) is 9.55 Å². The number of aromatic nitrogens is 2. The van der Waals surface area contributed by atoms with Crippen molar-refractivity contribution in [2.45, 2.75) is 37.6 Å². The van der Waals surface area contributed by atoms with Gasteiger partial charge in [-0.1, -0.05) is 36.0 Å². The van der Waals surface area contributed by atoms with Crippen LogP contribution in [0.15, 0.2) is 66.1 Å². The van der Waals surface area contributed by atoms with Crippen LogP contribution >= 0.6 is 11.8 Å². The van der Waals surface area contributed by atoms with E-state index in [1.165, 1.54) is 22.9 Å². The number of hydrogen-bond donors (Lipinski definition) is 0. The van der Waals surface area contributed by atoms with Gasteiger partial charge in [-0.15, -0.1) is 0 Å². The van der Waals surface area contributed by atoms with Gasteiger partial charge < -0.3 is 4.90 Å². The van der Waals surface area contributed by atoms with Gasteiger partial charge in [0.15, 0.2) is 5.16 Å². The van der Waals surface area contributed by atoms with E-state index in [4.69, 9.17) is 5.26 Å². The number of aryl methyl sites for hydroxylation is 2. The quantitative estimate of drug-likeness (QED) is 0.525. The van der Waals surface area contributed by atoms with Crippen molar-refractivity contribution in [3.05, 3.63) is 72.1 Å². The third-order valence-electron chi connectivity index (χ3n) is 4.79. The molecule has 0 N–H and O–H groups in total. The molecule has 0 aliphatic rings. The van der Waals surface area contributed by atoms with Crippen molar-refractivity contribution in [1.29, 1.82) is 5.26 Å². The average molecular weight is 405 g/mol. The second-order valence-electron chi connectivity index (χ2n) is 6.84. The van der Waals surface area contributed by atoms with E-state index in [2.05, 4.69) is 43.1 Å². The highest BCUT2D eigenvalue weighted by molar-refractivity contribution is 8.00. The Morgan fingerprint density at radius 3 is 2.66 bits per heavy atom. The topological polar surface area (TPSA) is 61.9 Å². The Bertz CT molecular complexity index is 1020. The van der Waals surface area contributed by atoms with Gasteiger partial charge in [0.05, 0.1) is 17.7 Å². The molecule has 1 aromatic heterocycles. The van der Waals surface area contributed by atoms with Gasteiger partial charge >= 0.3 is 0 Å². The molecule has 5 nitrogen and oxygen atoms in total. The molecule has 3 aromatic rings. The second-order valence-corrected chi connectivity index (χ2v) is 8.15. The number of hydrogen-bond acceptors (Lipinski definition) is 4. The van der Waals surface area contributed by atoms with Gasteiger partial charge in [0.2, 0.25) is 5.91 Å². The zero-order valence-corrected chi connectivity index (χ0v) is 17.7. The number of para-hydroxylation sites is 1. The van der Waals surface area contributed by atoms with Gasteiger partial charge in [-0.05, 0) is 56.2 Å². The van der Waals surface area contributed by atoms with E-state index in [0.717, 1.165) is 16.5 Å². The van der Waals surface area contributed by atoms with E-state index in [9.17, 15) is 4.79 Å². The maximum atomic E-state index is 13.2. The maximum Gasteiger partial charge on any atom is 0.240 e.